The molecule has 1 saturated heterocycles. The minimum absolute atomic E-state index is 0.0278. The van der Waals surface area contributed by atoms with Crippen molar-refractivity contribution in [3.05, 3.63) is 89.5 Å². The van der Waals surface area contributed by atoms with Gasteiger partial charge in [-0.15, -0.1) is 0 Å². The largest absolute Gasteiger partial charge is 0.430 e. The minimum Gasteiger partial charge on any atom is -0.369 e. The molecule has 0 aliphatic carbocycles. The molecule has 0 atom stereocenters. The number of alkyl halides is 6. The molecule has 0 amide bonds. The van der Waals surface area contributed by atoms with E-state index in [1.165, 1.54) is 17.7 Å². The second-order valence-corrected chi connectivity index (χ2v) is 9.01. The molecule has 37 heavy (non-hydrogen) atoms. The molecule has 1 fully saturated rings. The van der Waals surface area contributed by atoms with Crippen molar-refractivity contribution in [3.63, 3.8) is 0 Å². The molecule has 4 nitrogen and oxygen atoms in total. The van der Waals surface area contributed by atoms with Crippen molar-refractivity contribution in [1.29, 1.82) is 0 Å². The molecule has 3 aromatic rings. The van der Waals surface area contributed by atoms with E-state index in [4.69, 9.17) is 0 Å². The quantitative estimate of drug-likeness (QED) is 0.429. The summed E-state index contributed by atoms with van der Waals surface area (Å²) in [7, 11) is 0. The van der Waals surface area contributed by atoms with Gasteiger partial charge < -0.3 is 5.11 Å². The zero-order valence-corrected chi connectivity index (χ0v) is 19.5. The fourth-order valence-electron chi connectivity index (χ4n) is 4.38. The highest BCUT2D eigenvalue weighted by Crippen LogP contribution is 2.50. The number of piperazine rings is 1. The minimum atomic E-state index is -5.98. The fourth-order valence-corrected chi connectivity index (χ4v) is 4.38. The van der Waals surface area contributed by atoms with Crippen molar-refractivity contribution in [2.24, 2.45) is 0 Å². The molecule has 2 aromatic carbocycles. The third-order valence-electron chi connectivity index (χ3n) is 6.49. The van der Waals surface area contributed by atoms with Crippen LogP contribution in [-0.4, -0.2) is 58.4 Å². The lowest BCUT2D eigenvalue weighted by atomic mass is 9.90. The van der Waals surface area contributed by atoms with Gasteiger partial charge in [0.05, 0.1) is 0 Å². The van der Waals surface area contributed by atoms with Gasteiger partial charge in [-0.2, -0.15) is 26.3 Å². The van der Waals surface area contributed by atoms with E-state index in [2.05, 4.69) is 14.8 Å². The van der Waals surface area contributed by atoms with Crippen molar-refractivity contribution in [2.45, 2.75) is 31.0 Å². The van der Waals surface area contributed by atoms with Crippen LogP contribution in [0.4, 0.5) is 30.7 Å². The first-order chi connectivity index (χ1) is 17.4. The van der Waals surface area contributed by atoms with Crippen LogP contribution in [-0.2, 0) is 18.7 Å². The lowest BCUT2D eigenvalue weighted by Gasteiger charge is -2.34. The van der Waals surface area contributed by atoms with E-state index in [1.54, 1.807) is 18.5 Å². The molecule has 0 spiro atoms. The number of hydrogen-bond acceptors (Lipinski definition) is 4. The van der Waals surface area contributed by atoms with Gasteiger partial charge in [0.25, 0.3) is 5.60 Å². The summed E-state index contributed by atoms with van der Waals surface area (Å²) in [6, 6.07) is 11.2. The molecule has 0 saturated carbocycles. The number of aliphatic hydroxyl groups is 1. The average molecular weight is 527 g/mol. The maximum Gasteiger partial charge on any atom is 0.430 e. The van der Waals surface area contributed by atoms with E-state index in [-0.39, 0.29) is 11.1 Å². The normalized spacial score (nSPS) is 16.2. The van der Waals surface area contributed by atoms with Crippen LogP contribution in [0.25, 0.3) is 11.1 Å². The summed E-state index contributed by atoms with van der Waals surface area (Å²) in [6.45, 7) is 4.59. The highest BCUT2D eigenvalue weighted by molar-refractivity contribution is 5.65. The Balaban J connectivity index is 1.41. The summed E-state index contributed by atoms with van der Waals surface area (Å²) in [5.41, 5.74) is -4.43. The Bertz CT molecular complexity index is 1180. The van der Waals surface area contributed by atoms with Crippen LogP contribution in [0.2, 0.25) is 0 Å². The van der Waals surface area contributed by atoms with E-state index < -0.39 is 29.3 Å². The second-order valence-electron chi connectivity index (χ2n) is 9.01. The monoisotopic (exact) mass is 527 g/mol. The third kappa shape index (κ3) is 5.78. The van der Waals surface area contributed by atoms with Crippen molar-refractivity contribution in [3.8, 4) is 11.1 Å². The highest BCUT2D eigenvalue weighted by Gasteiger charge is 2.71. The molecule has 0 unspecified atom stereocenters. The maximum absolute atomic E-state index is 14.9. The molecule has 4 rings (SSSR count). The van der Waals surface area contributed by atoms with Crippen LogP contribution in [0.5, 0.6) is 0 Å². The number of pyridine rings is 1. The van der Waals surface area contributed by atoms with Crippen LogP contribution >= 0.6 is 0 Å². The second kappa shape index (κ2) is 10.4. The topological polar surface area (TPSA) is 39.6 Å². The smallest absolute Gasteiger partial charge is 0.369 e. The van der Waals surface area contributed by atoms with Gasteiger partial charge in [0.15, 0.2) is 0 Å². The van der Waals surface area contributed by atoms with Crippen molar-refractivity contribution >= 4 is 0 Å². The average Bonchev–Trinajstić information content (AvgIpc) is 2.84. The first-order valence-corrected chi connectivity index (χ1v) is 11.5. The van der Waals surface area contributed by atoms with Gasteiger partial charge in [-0.1, -0.05) is 36.4 Å². The van der Waals surface area contributed by atoms with Gasteiger partial charge in [0.1, 0.15) is 5.82 Å². The first kappa shape index (κ1) is 27.0. The van der Waals surface area contributed by atoms with E-state index in [0.717, 1.165) is 44.9 Å². The number of nitrogens with zero attached hydrogens (tertiary/aromatic N) is 3. The molecule has 1 N–H and O–H groups in total. The standard InChI is InChI=1S/C26H24F7N3O/c27-23-15-19(17-36-13-11-35(12-14-36)16-18-7-9-34-10-8-18)1-6-22(23)20-2-4-21(5-3-20)24(37,25(28,29)30)26(31,32)33/h1-10,15,37H,11-14,16-17H2. The Hall–Kier alpha value is -3.02. The molecular weight excluding hydrogens is 503 g/mol. The van der Waals surface area contributed by atoms with Crippen LogP contribution in [0.15, 0.2) is 67.0 Å². The number of benzene rings is 2. The maximum atomic E-state index is 14.9. The van der Waals surface area contributed by atoms with Gasteiger partial charge in [-0.05, 0) is 34.9 Å². The van der Waals surface area contributed by atoms with Gasteiger partial charge in [0, 0.05) is 62.8 Å². The van der Waals surface area contributed by atoms with Gasteiger partial charge in [-0.25, -0.2) is 4.39 Å². The van der Waals surface area contributed by atoms with E-state index in [9.17, 15) is 35.8 Å². The summed E-state index contributed by atoms with van der Waals surface area (Å²) in [4.78, 5) is 8.51. The Morgan fingerprint density at radius 3 is 1.70 bits per heavy atom. The van der Waals surface area contributed by atoms with Crippen LogP contribution < -0.4 is 0 Å². The third-order valence-corrected chi connectivity index (χ3v) is 6.49. The van der Waals surface area contributed by atoms with Crippen LogP contribution in [0, 0.1) is 5.82 Å². The SMILES string of the molecule is OC(c1ccc(-c2ccc(CN3CCN(Cc4ccncc4)CC3)cc2F)cc1)(C(F)(F)F)C(F)(F)F. The Kier molecular flexibility index (Phi) is 7.59. The summed E-state index contributed by atoms with van der Waals surface area (Å²) < 4.78 is 93.4. The molecule has 1 aliphatic rings. The predicted octanol–water partition coefficient (Wildman–Crippen LogP) is 5.52. The van der Waals surface area contributed by atoms with E-state index >= 15 is 0 Å². The molecule has 0 bridgehead atoms. The molecule has 1 aromatic heterocycles. The van der Waals surface area contributed by atoms with Crippen molar-refractivity contribution in [2.75, 3.05) is 26.2 Å². The predicted molar refractivity (Wildman–Crippen MR) is 123 cm³/mol. The Morgan fingerprint density at radius 2 is 1.22 bits per heavy atom. The molecule has 0 radical (unpaired) electrons. The Morgan fingerprint density at radius 1 is 0.703 bits per heavy atom. The van der Waals surface area contributed by atoms with E-state index in [1.807, 2.05) is 12.1 Å². The summed E-state index contributed by atoms with van der Waals surface area (Å²) in [5, 5.41) is 9.52. The molecule has 198 valence electrons. The number of hydrogen-bond donors (Lipinski definition) is 1. The van der Waals surface area contributed by atoms with Crippen LogP contribution in [0.3, 0.4) is 0 Å². The Labute approximate surface area is 209 Å². The summed E-state index contributed by atoms with van der Waals surface area (Å²) in [5.74, 6) is -0.650. The van der Waals surface area contributed by atoms with Gasteiger partial charge in [0.2, 0.25) is 0 Å². The number of rotatable bonds is 6. The molecule has 1 aliphatic heterocycles. The zero-order chi connectivity index (χ0) is 26.8. The zero-order valence-electron chi connectivity index (χ0n) is 19.5. The van der Waals surface area contributed by atoms with Crippen molar-refractivity contribution in [1.82, 2.24) is 14.8 Å². The van der Waals surface area contributed by atoms with Crippen molar-refractivity contribution < 1.29 is 35.8 Å². The summed E-state index contributed by atoms with van der Waals surface area (Å²) >= 11 is 0. The first-order valence-electron chi connectivity index (χ1n) is 11.5. The number of halogens is 7. The lowest BCUT2D eigenvalue weighted by Crippen LogP contribution is -2.53. The molecule has 11 heteroatoms. The van der Waals surface area contributed by atoms with E-state index in [0.29, 0.717) is 24.2 Å². The van der Waals surface area contributed by atoms with Gasteiger partial charge in [-0.3, -0.25) is 14.8 Å². The number of aromatic nitrogens is 1. The van der Waals surface area contributed by atoms with Gasteiger partial charge >= 0.3 is 12.4 Å². The summed E-state index contributed by atoms with van der Waals surface area (Å²) in [6.07, 6.45) is -8.46. The molecular formula is C26H24F7N3O. The van der Waals surface area contributed by atoms with Crippen LogP contribution in [0.1, 0.15) is 16.7 Å². The molecule has 2 heterocycles. The fraction of sp³-hybridized carbons (Fsp3) is 0.346. The lowest BCUT2D eigenvalue weighted by molar-refractivity contribution is -0.376. The highest BCUT2D eigenvalue weighted by atomic mass is 19.4.